The number of nitrogens with zero attached hydrogens (tertiary/aromatic N) is 4. The number of aryl methyl sites for hydroxylation is 4. The summed E-state index contributed by atoms with van der Waals surface area (Å²) in [5.74, 6) is 1.46. The molecule has 0 bridgehead atoms. The van der Waals surface area contributed by atoms with Crippen molar-refractivity contribution in [1.29, 1.82) is 0 Å². The van der Waals surface area contributed by atoms with E-state index in [4.69, 9.17) is 14.2 Å². The van der Waals surface area contributed by atoms with Gasteiger partial charge in [0.2, 0.25) is 0 Å². The van der Waals surface area contributed by atoms with Crippen molar-refractivity contribution in [3.05, 3.63) is 115 Å². The van der Waals surface area contributed by atoms with Gasteiger partial charge >= 0.3 is 6.09 Å². The smallest absolute Gasteiger partial charge is 0.410 e. The number of amides is 1. The summed E-state index contributed by atoms with van der Waals surface area (Å²) in [7, 11) is 0. The number of carbonyl (C=O) groups is 2. The van der Waals surface area contributed by atoms with E-state index in [1.807, 2.05) is 87.4 Å². The Balaban J connectivity index is 0.000000277. The lowest BCUT2D eigenvalue weighted by atomic mass is 10.0. The summed E-state index contributed by atoms with van der Waals surface area (Å²) in [5.41, 5.74) is 6.34. The van der Waals surface area contributed by atoms with Crippen molar-refractivity contribution < 1.29 is 23.8 Å². The van der Waals surface area contributed by atoms with Gasteiger partial charge in [0.15, 0.2) is 11.5 Å². The van der Waals surface area contributed by atoms with Gasteiger partial charge in [0.05, 0.1) is 17.6 Å². The summed E-state index contributed by atoms with van der Waals surface area (Å²) >= 11 is 0. The van der Waals surface area contributed by atoms with Gasteiger partial charge in [-0.25, -0.2) is 4.79 Å². The second kappa shape index (κ2) is 17.2. The van der Waals surface area contributed by atoms with Crippen LogP contribution in [0.5, 0.6) is 11.5 Å². The Labute approximate surface area is 328 Å². The van der Waals surface area contributed by atoms with Gasteiger partial charge in [-0.1, -0.05) is 30.3 Å². The summed E-state index contributed by atoms with van der Waals surface area (Å²) in [6, 6.07) is 21.5. The molecular formula is C45H54N4O7. The molecule has 11 nitrogen and oxygen atoms in total. The van der Waals surface area contributed by atoms with E-state index in [0.717, 1.165) is 99.9 Å². The van der Waals surface area contributed by atoms with Crippen LogP contribution >= 0.6 is 0 Å². The van der Waals surface area contributed by atoms with Crippen LogP contribution in [-0.4, -0.2) is 75.8 Å². The summed E-state index contributed by atoms with van der Waals surface area (Å²) in [6.07, 6.45) is 2.13. The average Bonchev–Trinajstić information content (AvgIpc) is 3.15. The Kier molecular flexibility index (Phi) is 12.3. The van der Waals surface area contributed by atoms with Crippen LogP contribution in [0, 0.1) is 27.7 Å². The first-order valence-electron chi connectivity index (χ1n) is 19.5. The Morgan fingerprint density at radius 3 is 1.93 bits per heavy atom. The van der Waals surface area contributed by atoms with E-state index in [-0.39, 0.29) is 29.8 Å². The van der Waals surface area contributed by atoms with Gasteiger partial charge in [-0.05, 0) is 113 Å². The van der Waals surface area contributed by atoms with E-state index in [2.05, 4.69) is 30.0 Å². The van der Waals surface area contributed by atoms with E-state index in [1.54, 1.807) is 12.1 Å². The van der Waals surface area contributed by atoms with E-state index in [0.29, 0.717) is 26.3 Å². The summed E-state index contributed by atoms with van der Waals surface area (Å²) < 4.78 is 20.7. The monoisotopic (exact) mass is 762 g/mol. The van der Waals surface area contributed by atoms with Crippen LogP contribution in [0.2, 0.25) is 0 Å². The number of aldehydes is 1. The third-order valence-electron chi connectivity index (χ3n) is 10.4. The fourth-order valence-corrected chi connectivity index (χ4v) is 7.55. The number of likely N-dealkylation sites (tertiary alicyclic amines) is 1. The molecule has 0 atom stereocenters. The Morgan fingerprint density at radius 2 is 1.34 bits per heavy atom. The van der Waals surface area contributed by atoms with Crippen LogP contribution in [0.3, 0.4) is 0 Å². The second-order valence-electron chi connectivity index (χ2n) is 16.0. The zero-order chi connectivity index (χ0) is 40.1. The number of pyridine rings is 2. The van der Waals surface area contributed by atoms with Crippen molar-refractivity contribution in [2.75, 3.05) is 32.8 Å². The van der Waals surface area contributed by atoms with E-state index >= 15 is 0 Å². The molecule has 0 spiro atoms. The maximum atomic E-state index is 13.4. The first-order chi connectivity index (χ1) is 26.7. The van der Waals surface area contributed by atoms with Crippen molar-refractivity contribution >= 4 is 34.2 Å². The molecule has 1 fully saturated rings. The van der Waals surface area contributed by atoms with Gasteiger partial charge in [0.1, 0.15) is 25.1 Å². The molecule has 0 N–H and O–H groups in total. The largest absolute Gasteiger partial charge is 0.486 e. The van der Waals surface area contributed by atoms with Gasteiger partial charge in [-0.2, -0.15) is 0 Å². The van der Waals surface area contributed by atoms with Crippen molar-refractivity contribution in [3.8, 4) is 11.5 Å². The first-order valence-corrected chi connectivity index (χ1v) is 19.5. The summed E-state index contributed by atoms with van der Waals surface area (Å²) in [5, 5.41) is 2.14. The lowest BCUT2D eigenvalue weighted by molar-refractivity contribution is -0.108. The third kappa shape index (κ3) is 9.50. The van der Waals surface area contributed by atoms with Gasteiger partial charge in [0, 0.05) is 61.7 Å². The normalized spacial score (nSPS) is 14.6. The zero-order valence-corrected chi connectivity index (χ0v) is 33.7. The molecule has 5 aromatic rings. The topological polar surface area (TPSA) is 112 Å². The molecule has 1 amide bonds. The minimum absolute atomic E-state index is 0.0426. The highest BCUT2D eigenvalue weighted by molar-refractivity contribution is 5.84. The molecule has 7 rings (SSSR count). The van der Waals surface area contributed by atoms with Gasteiger partial charge < -0.3 is 37.9 Å². The van der Waals surface area contributed by atoms with Gasteiger partial charge in [0.25, 0.3) is 11.1 Å². The molecule has 4 heterocycles. The minimum Gasteiger partial charge on any atom is -0.486 e. The molecule has 11 heteroatoms. The second-order valence-corrected chi connectivity index (χ2v) is 16.0. The molecule has 0 radical (unpaired) electrons. The lowest BCUT2D eigenvalue weighted by Gasteiger charge is -2.39. The zero-order valence-electron chi connectivity index (χ0n) is 33.7. The summed E-state index contributed by atoms with van der Waals surface area (Å²) in [4.78, 5) is 52.9. The summed E-state index contributed by atoms with van der Waals surface area (Å²) in [6.45, 7) is 18.4. The Hall–Kier alpha value is -5.42. The number of fused-ring (bicyclic) bond motifs is 3. The number of piperidine rings is 1. The average molecular weight is 763 g/mol. The van der Waals surface area contributed by atoms with Crippen molar-refractivity contribution in [3.63, 3.8) is 0 Å². The van der Waals surface area contributed by atoms with Gasteiger partial charge in [-0.15, -0.1) is 0 Å². The maximum absolute atomic E-state index is 13.4. The SMILES string of the molecule is Cc1ccc2c(C)cc(=O)n(CC=O)c2c1.Cc1ccc2c(C)cc(=O)n(CCN3CCC(N(Cc4ccc5c(c4)OCCO5)C(=O)OC(C)(C)C)CC3)c2c1. The molecule has 2 aliphatic heterocycles. The maximum Gasteiger partial charge on any atom is 0.410 e. The van der Waals surface area contributed by atoms with Crippen LogP contribution in [0.1, 0.15) is 61.4 Å². The molecule has 3 aromatic carbocycles. The van der Waals surface area contributed by atoms with E-state index in [9.17, 15) is 19.2 Å². The van der Waals surface area contributed by atoms with Crippen LogP contribution in [-0.2, 0) is 29.2 Å². The molecule has 0 saturated carbocycles. The molecule has 0 unspecified atom stereocenters. The fourth-order valence-electron chi connectivity index (χ4n) is 7.55. The standard InChI is InChI=1S/C32H41N3O5.C13H13NO2/c1-22-6-8-26-23(2)19-30(36)34(27(26)18-22)15-14-33-12-10-25(11-13-33)35(31(37)40-32(3,4)5)21-24-7-9-28-29(20-24)39-17-16-38-28;1-9-3-4-11-10(2)8-13(16)14(5-6-15)12(11)7-9/h6-9,18-20,25H,10-17,21H2,1-5H3;3-4,6-8H,5H2,1-2H3. The molecule has 296 valence electrons. The third-order valence-corrected chi connectivity index (χ3v) is 10.4. The number of aromatic nitrogens is 2. The highest BCUT2D eigenvalue weighted by Gasteiger charge is 2.31. The number of rotatable bonds is 8. The number of hydrogen-bond donors (Lipinski definition) is 0. The van der Waals surface area contributed by atoms with Gasteiger partial charge in [-0.3, -0.25) is 9.59 Å². The molecule has 1 saturated heterocycles. The lowest BCUT2D eigenvalue weighted by Crippen LogP contribution is -2.49. The highest BCUT2D eigenvalue weighted by atomic mass is 16.6. The predicted octanol–water partition coefficient (Wildman–Crippen LogP) is 7.11. The van der Waals surface area contributed by atoms with Crippen LogP contribution in [0.15, 0.2) is 76.3 Å². The molecule has 2 aliphatic rings. The number of ether oxygens (including phenoxy) is 3. The number of benzene rings is 3. The van der Waals surface area contributed by atoms with Crippen molar-refractivity contribution in [1.82, 2.24) is 18.9 Å². The number of carbonyl (C=O) groups excluding carboxylic acids is 2. The number of hydrogen-bond acceptors (Lipinski definition) is 8. The highest BCUT2D eigenvalue weighted by Crippen LogP contribution is 2.32. The quantitative estimate of drug-likeness (QED) is 0.154. The fraction of sp³-hybridized carbons (Fsp3) is 0.422. The van der Waals surface area contributed by atoms with Crippen LogP contribution in [0.4, 0.5) is 4.79 Å². The molecule has 56 heavy (non-hydrogen) atoms. The van der Waals surface area contributed by atoms with Crippen LogP contribution in [0.25, 0.3) is 21.8 Å². The van der Waals surface area contributed by atoms with Crippen LogP contribution < -0.4 is 20.6 Å². The first kappa shape index (κ1) is 40.2. The minimum atomic E-state index is -0.578. The molecule has 0 aliphatic carbocycles. The molecular weight excluding hydrogens is 709 g/mol. The Morgan fingerprint density at radius 1 is 0.768 bits per heavy atom. The van der Waals surface area contributed by atoms with Crippen molar-refractivity contribution in [2.45, 2.75) is 92.6 Å². The molecule has 2 aromatic heterocycles. The Bertz CT molecular complexity index is 2350. The van der Waals surface area contributed by atoms with E-state index in [1.165, 1.54) is 4.57 Å². The van der Waals surface area contributed by atoms with E-state index < -0.39 is 5.60 Å². The predicted molar refractivity (Wildman–Crippen MR) is 220 cm³/mol. The van der Waals surface area contributed by atoms with Crippen molar-refractivity contribution in [2.24, 2.45) is 0 Å².